The van der Waals surface area contributed by atoms with Crippen molar-refractivity contribution in [1.29, 1.82) is 0 Å². The zero-order chi connectivity index (χ0) is 13.3. The molecule has 0 atom stereocenters. The molecule has 0 radical (unpaired) electrons. The molecule has 0 aliphatic heterocycles. The van der Waals surface area contributed by atoms with E-state index < -0.39 is 23.3 Å². The topological polar surface area (TPSA) is 46.5 Å². The molecule has 0 heterocycles. The zero-order valence-corrected chi connectivity index (χ0v) is 9.33. The number of halogens is 3. The van der Waals surface area contributed by atoms with E-state index in [1.54, 1.807) is 0 Å². The Morgan fingerprint density at radius 3 is 2.56 bits per heavy atom. The summed E-state index contributed by atoms with van der Waals surface area (Å²) < 4.78 is 43.3. The predicted molar refractivity (Wildman–Crippen MR) is 56.6 cm³/mol. The zero-order valence-electron chi connectivity index (χ0n) is 9.33. The predicted octanol–water partition coefficient (Wildman–Crippen LogP) is 3.19. The Bertz CT molecular complexity index is 464. The van der Waals surface area contributed by atoms with Crippen LogP contribution in [0.5, 0.6) is 5.75 Å². The first-order valence-electron chi connectivity index (χ1n) is 5.45. The van der Waals surface area contributed by atoms with E-state index in [4.69, 9.17) is 9.84 Å². The van der Waals surface area contributed by atoms with Gasteiger partial charge in [-0.25, -0.2) is 4.79 Å². The molecule has 0 bridgehead atoms. The summed E-state index contributed by atoms with van der Waals surface area (Å²) in [6, 6.07) is 2.92. The third-order valence-corrected chi connectivity index (χ3v) is 2.71. The van der Waals surface area contributed by atoms with Gasteiger partial charge in [-0.1, -0.05) is 0 Å². The number of carbonyl (C=O) groups is 1. The Morgan fingerprint density at radius 2 is 2.06 bits per heavy atom. The number of hydrogen-bond acceptors (Lipinski definition) is 2. The summed E-state index contributed by atoms with van der Waals surface area (Å²) >= 11 is 0. The molecule has 6 heteroatoms. The Kier molecular flexibility index (Phi) is 3.19. The molecule has 98 valence electrons. The summed E-state index contributed by atoms with van der Waals surface area (Å²) in [7, 11) is 0. The first kappa shape index (κ1) is 12.7. The second-order valence-corrected chi connectivity index (χ2v) is 4.26. The molecule has 1 aromatic rings. The van der Waals surface area contributed by atoms with Crippen LogP contribution in [0.15, 0.2) is 18.2 Å². The van der Waals surface area contributed by atoms with E-state index in [-0.39, 0.29) is 5.75 Å². The molecule has 1 saturated carbocycles. The summed E-state index contributed by atoms with van der Waals surface area (Å²) in [5.41, 5.74) is -1.94. The van der Waals surface area contributed by atoms with Crippen molar-refractivity contribution in [3.05, 3.63) is 29.3 Å². The van der Waals surface area contributed by atoms with Crippen LogP contribution in [0, 0.1) is 5.92 Å². The minimum Gasteiger partial charge on any atom is -0.493 e. The van der Waals surface area contributed by atoms with Gasteiger partial charge in [0.25, 0.3) is 0 Å². The molecule has 1 fully saturated rings. The van der Waals surface area contributed by atoms with Crippen LogP contribution in [0.2, 0.25) is 0 Å². The molecule has 0 unspecified atom stereocenters. The number of alkyl halides is 3. The van der Waals surface area contributed by atoms with E-state index in [2.05, 4.69) is 0 Å². The number of rotatable bonds is 4. The quantitative estimate of drug-likeness (QED) is 0.904. The lowest BCUT2D eigenvalue weighted by atomic mass is 10.1. The number of carboxylic acid groups (broad SMARTS) is 1. The monoisotopic (exact) mass is 260 g/mol. The summed E-state index contributed by atoms with van der Waals surface area (Å²) in [6.45, 7) is 0.379. The molecule has 0 amide bonds. The lowest BCUT2D eigenvalue weighted by molar-refractivity contribution is -0.138. The van der Waals surface area contributed by atoms with Gasteiger partial charge >= 0.3 is 12.1 Å². The van der Waals surface area contributed by atoms with Crippen LogP contribution in [0.3, 0.4) is 0 Å². The SMILES string of the molecule is O=C(O)c1ccc(OCC2CC2)cc1C(F)(F)F. The molecular weight excluding hydrogens is 249 g/mol. The first-order valence-corrected chi connectivity index (χ1v) is 5.45. The van der Waals surface area contributed by atoms with Crippen molar-refractivity contribution in [3.63, 3.8) is 0 Å². The summed E-state index contributed by atoms with van der Waals surface area (Å²) in [5.74, 6) is -1.13. The number of carboxylic acids is 1. The minimum absolute atomic E-state index is 0.0548. The fourth-order valence-electron chi connectivity index (χ4n) is 1.53. The lowest BCUT2D eigenvalue weighted by Crippen LogP contribution is -2.13. The number of benzene rings is 1. The van der Waals surface area contributed by atoms with Gasteiger partial charge in [0.2, 0.25) is 0 Å². The van der Waals surface area contributed by atoms with Crippen molar-refractivity contribution >= 4 is 5.97 Å². The molecule has 18 heavy (non-hydrogen) atoms. The van der Waals surface area contributed by atoms with E-state index in [1.807, 2.05) is 0 Å². The van der Waals surface area contributed by atoms with Crippen molar-refractivity contribution in [1.82, 2.24) is 0 Å². The minimum atomic E-state index is -4.70. The number of hydrogen-bond donors (Lipinski definition) is 1. The molecule has 3 nitrogen and oxygen atoms in total. The van der Waals surface area contributed by atoms with Gasteiger partial charge in [0.1, 0.15) is 5.75 Å². The second-order valence-electron chi connectivity index (χ2n) is 4.26. The van der Waals surface area contributed by atoms with Crippen LogP contribution >= 0.6 is 0 Å². The van der Waals surface area contributed by atoms with Gasteiger partial charge in [-0.15, -0.1) is 0 Å². The first-order chi connectivity index (χ1) is 8.38. The number of ether oxygens (including phenoxy) is 1. The fraction of sp³-hybridized carbons (Fsp3) is 0.417. The maximum Gasteiger partial charge on any atom is 0.417 e. The van der Waals surface area contributed by atoms with Crippen molar-refractivity contribution in [2.75, 3.05) is 6.61 Å². The molecule has 0 saturated heterocycles. The average molecular weight is 260 g/mol. The van der Waals surface area contributed by atoms with Crippen LogP contribution in [0.4, 0.5) is 13.2 Å². The molecule has 1 aromatic carbocycles. The Labute approximate surface area is 101 Å². The fourth-order valence-corrected chi connectivity index (χ4v) is 1.53. The highest BCUT2D eigenvalue weighted by Crippen LogP contribution is 2.35. The Hall–Kier alpha value is -1.72. The maximum absolute atomic E-state index is 12.7. The molecule has 1 aliphatic rings. The Balaban J connectivity index is 2.25. The third-order valence-electron chi connectivity index (χ3n) is 2.71. The lowest BCUT2D eigenvalue weighted by Gasteiger charge is -2.12. The van der Waals surface area contributed by atoms with Gasteiger partial charge in [0.05, 0.1) is 17.7 Å². The van der Waals surface area contributed by atoms with E-state index in [1.165, 1.54) is 6.07 Å². The molecule has 1 N–H and O–H groups in total. The Morgan fingerprint density at radius 1 is 1.39 bits per heavy atom. The molecule has 1 aliphatic carbocycles. The van der Waals surface area contributed by atoms with E-state index >= 15 is 0 Å². The molecule has 0 aromatic heterocycles. The van der Waals surface area contributed by atoms with E-state index in [9.17, 15) is 18.0 Å². The van der Waals surface area contributed by atoms with Crippen molar-refractivity contribution < 1.29 is 27.8 Å². The smallest absolute Gasteiger partial charge is 0.417 e. The summed E-state index contributed by atoms with van der Waals surface area (Å²) in [4.78, 5) is 10.7. The van der Waals surface area contributed by atoms with Gasteiger partial charge < -0.3 is 9.84 Å². The standard InChI is InChI=1S/C12H11F3O3/c13-12(14,15)10-5-8(18-6-7-1-2-7)3-4-9(10)11(16)17/h3-5,7H,1-2,6H2,(H,16,17). The highest BCUT2D eigenvalue weighted by Gasteiger charge is 2.36. The van der Waals surface area contributed by atoms with Crippen LogP contribution in [0.25, 0.3) is 0 Å². The summed E-state index contributed by atoms with van der Waals surface area (Å²) in [6.07, 6.45) is -2.65. The molecule has 0 spiro atoms. The second kappa shape index (κ2) is 4.51. The van der Waals surface area contributed by atoms with Crippen molar-refractivity contribution in [3.8, 4) is 5.75 Å². The van der Waals surface area contributed by atoms with Gasteiger partial charge in [0.15, 0.2) is 0 Å². The summed E-state index contributed by atoms with van der Waals surface area (Å²) in [5, 5.41) is 8.71. The normalized spacial score (nSPS) is 15.5. The van der Waals surface area contributed by atoms with E-state index in [0.717, 1.165) is 25.0 Å². The van der Waals surface area contributed by atoms with Gasteiger partial charge in [-0.05, 0) is 37.0 Å². The molecular formula is C12H11F3O3. The maximum atomic E-state index is 12.7. The largest absolute Gasteiger partial charge is 0.493 e. The van der Waals surface area contributed by atoms with Crippen LogP contribution in [-0.4, -0.2) is 17.7 Å². The average Bonchev–Trinajstić information content (AvgIpc) is 3.08. The van der Waals surface area contributed by atoms with Crippen LogP contribution in [0.1, 0.15) is 28.8 Å². The number of aromatic carboxylic acids is 1. The van der Waals surface area contributed by atoms with Crippen molar-refractivity contribution in [2.24, 2.45) is 5.92 Å². The highest BCUT2D eigenvalue weighted by atomic mass is 19.4. The van der Waals surface area contributed by atoms with Gasteiger partial charge in [-0.3, -0.25) is 0 Å². The third kappa shape index (κ3) is 2.94. The highest BCUT2D eigenvalue weighted by molar-refractivity contribution is 5.89. The van der Waals surface area contributed by atoms with Gasteiger partial charge in [0, 0.05) is 0 Å². The molecule has 2 rings (SSSR count). The van der Waals surface area contributed by atoms with Crippen LogP contribution in [-0.2, 0) is 6.18 Å². The van der Waals surface area contributed by atoms with Crippen LogP contribution < -0.4 is 4.74 Å². The van der Waals surface area contributed by atoms with E-state index in [0.29, 0.717) is 12.5 Å². The van der Waals surface area contributed by atoms with Gasteiger partial charge in [-0.2, -0.15) is 13.2 Å². The van der Waals surface area contributed by atoms with Crippen molar-refractivity contribution in [2.45, 2.75) is 19.0 Å².